The van der Waals surface area contributed by atoms with Gasteiger partial charge in [0.15, 0.2) is 11.4 Å². The summed E-state index contributed by atoms with van der Waals surface area (Å²) in [7, 11) is 0. The van der Waals surface area contributed by atoms with Crippen LogP contribution in [0.4, 0.5) is 4.79 Å². The number of carbonyl (C=O) groups is 3. The average molecular weight is 590 g/mol. The van der Waals surface area contributed by atoms with Crippen LogP contribution in [0.3, 0.4) is 0 Å². The number of ether oxygens (including phenoxy) is 2. The molecule has 1 heterocycles. The molecular weight excluding hydrogens is 550 g/mol. The number of aliphatic carboxylic acids is 1. The van der Waals surface area contributed by atoms with Crippen molar-refractivity contribution in [2.45, 2.75) is 63.9 Å². The molecule has 1 fully saturated rings. The normalized spacial score (nSPS) is 16.9. The zero-order valence-corrected chi connectivity index (χ0v) is 26.1. The van der Waals surface area contributed by atoms with Crippen molar-refractivity contribution >= 4 is 29.6 Å². The highest BCUT2D eigenvalue weighted by atomic mass is 32.2. The second-order valence-electron chi connectivity index (χ2n) is 11.7. The monoisotopic (exact) mass is 589 g/mol. The Balaban J connectivity index is 1.64. The molecule has 1 N–H and O–H groups in total. The Bertz CT molecular complexity index is 1440. The summed E-state index contributed by atoms with van der Waals surface area (Å²) >= 11 is 1.61. The second-order valence-corrected chi connectivity index (χ2v) is 12.6. The Morgan fingerprint density at radius 1 is 0.952 bits per heavy atom. The van der Waals surface area contributed by atoms with Crippen LogP contribution in [0.2, 0.25) is 0 Å². The molecule has 0 bridgehead atoms. The zero-order chi connectivity index (χ0) is 30.8. The molecule has 1 aliphatic rings. The van der Waals surface area contributed by atoms with Crippen molar-refractivity contribution in [1.82, 2.24) is 4.90 Å². The van der Waals surface area contributed by atoms with Gasteiger partial charge in [-0.1, -0.05) is 50.2 Å². The van der Waals surface area contributed by atoms with E-state index in [0.29, 0.717) is 29.5 Å². The smallest absolute Gasteiger partial charge is 0.415 e. The van der Waals surface area contributed by atoms with Crippen LogP contribution in [-0.4, -0.2) is 52.8 Å². The van der Waals surface area contributed by atoms with E-state index < -0.39 is 23.6 Å². The topological polar surface area (TPSA) is 93.1 Å². The summed E-state index contributed by atoms with van der Waals surface area (Å²) in [5.41, 5.74) is 2.76. The Morgan fingerprint density at radius 2 is 1.55 bits per heavy atom. The minimum atomic E-state index is -1.40. The first kappa shape index (κ1) is 31.2. The highest BCUT2D eigenvalue weighted by Crippen LogP contribution is 2.39. The second kappa shape index (κ2) is 12.6. The van der Waals surface area contributed by atoms with Gasteiger partial charge < -0.3 is 19.5 Å². The lowest BCUT2D eigenvalue weighted by atomic mass is 9.82. The van der Waals surface area contributed by atoms with Crippen molar-refractivity contribution in [3.05, 3.63) is 88.5 Å². The first-order valence-electron chi connectivity index (χ1n) is 14.1. The molecular formula is C34H39NO6S. The molecule has 4 rings (SSSR count). The number of hydrogen-bond donors (Lipinski definition) is 1. The van der Waals surface area contributed by atoms with Crippen molar-refractivity contribution in [2.75, 3.05) is 19.3 Å². The minimum absolute atomic E-state index is 0.0353. The molecule has 2 atom stereocenters. The van der Waals surface area contributed by atoms with Gasteiger partial charge in [-0.25, -0.2) is 9.59 Å². The summed E-state index contributed by atoms with van der Waals surface area (Å²) < 4.78 is 11.6. The van der Waals surface area contributed by atoms with Crippen LogP contribution in [0, 0.1) is 19.8 Å². The molecule has 0 radical (unpaired) electrons. The SMILES string of the molecule is CSc1ccc(C(=O)[C@H]2CN(C(=O)Oc3ccc(C(C)C)cc3)C[C@@H]2c2cc(C)c(OC(C)(C)C(=O)O)c(C)c2)cc1. The number of carboxylic acid groups (broad SMARTS) is 1. The van der Waals surface area contributed by atoms with Gasteiger partial charge in [0.25, 0.3) is 0 Å². The van der Waals surface area contributed by atoms with E-state index in [2.05, 4.69) is 13.8 Å². The fraction of sp³-hybridized carbons (Fsp3) is 0.382. The number of Topliss-reactive ketones (excluding diaryl/α,β-unsaturated/α-hetero) is 1. The number of rotatable bonds is 9. The van der Waals surface area contributed by atoms with E-state index in [9.17, 15) is 19.5 Å². The molecule has 3 aromatic carbocycles. The van der Waals surface area contributed by atoms with Gasteiger partial charge in [0.1, 0.15) is 11.5 Å². The van der Waals surface area contributed by atoms with Gasteiger partial charge in [-0.2, -0.15) is 0 Å². The van der Waals surface area contributed by atoms with Crippen LogP contribution in [0.1, 0.15) is 72.1 Å². The highest BCUT2D eigenvalue weighted by Gasteiger charge is 2.42. The van der Waals surface area contributed by atoms with Crippen LogP contribution in [0.25, 0.3) is 0 Å². The van der Waals surface area contributed by atoms with Gasteiger partial charge in [0.2, 0.25) is 0 Å². The molecule has 0 unspecified atom stereocenters. The molecule has 1 amide bonds. The van der Waals surface area contributed by atoms with E-state index in [4.69, 9.17) is 9.47 Å². The molecule has 42 heavy (non-hydrogen) atoms. The first-order chi connectivity index (χ1) is 19.8. The largest absolute Gasteiger partial charge is 0.478 e. The first-order valence-corrected chi connectivity index (χ1v) is 15.3. The fourth-order valence-corrected chi connectivity index (χ4v) is 5.68. The lowest BCUT2D eigenvalue weighted by molar-refractivity contribution is -0.152. The number of nitrogens with zero attached hydrogens (tertiary/aromatic N) is 1. The molecule has 222 valence electrons. The standard InChI is InChI=1S/C34H39NO6S/c1-20(2)23-8-12-26(13-9-23)40-33(39)35-18-28(29(19-35)30(36)24-10-14-27(42-7)15-11-24)25-16-21(3)31(22(4)17-25)41-34(5,6)32(37)38/h8-17,20,28-29H,18-19H2,1-7H3,(H,37,38)/t28-,29+/m1/s1. The minimum Gasteiger partial charge on any atom is -0.478 e. The van der Waals surface area contributed by atoms with E-state index in [0.717, 1.165) is 27.1 Å². The number of aryl methyl sites for hydroxylation is 2. The molecule has 0 saturated carbocycles. The van der Waals surface area contributed by atoms with Gasteiger partial charge in [-0.05, 0) is 86.4 Å². The highest BCUT2D eigenvalue weighted by molar-refractivity contribution is 7.98. The lowest BCUT2D eigenvalue weighted by Crippen LogP contribution is -2.38. The predicted octanol–water partition coefficient (Wildman–Crippen LogP) is 7.49. The summed E-state index contributed by atoms with van der Waals surface area (Å²) in [6.45, 7) is 11.5. The molecule has 1 saturated heterocycles. The summed E-state index contributed by atoms with van der Waals surface area (Å²) in [4.78, 5) is 41.5. The lowest BCUT2D eigenvalue weighted by Gasteiger charge is -2.26. The Labute approximate surface area is 252 Å². The van der Waals surface area contributed by atoms with E-state index >= 15 is 0 Å². The number of carboxylic acids is 1. The maximum atomic E-state index is 13.9. The van der Waals surface area contributed by atoms with Gasteiger partial charge >= 0.3 is 12.1 Å². The fourth-order valence-electron chi connectivity index (χ4n) is 5.27. The molecule has 0 aliphatic carbocycles. The average Bonchev–Trinajstić information content (AvgIpc) is 3.40. The maximum Gasteiger partial charge on any atom is 0.415 e. The third-order valence-corrected chi connectivity index (χ3v) is 8.57. The number of thioether (sulfide) groups is 1. The summed E-state index contributed by atoms with van der Waals surface area (Å²) in [5, 5.41) is 9.56. The van der Waals surface area contributed by atoms with Crippen molar-refractivity contribution in [3.8, 4) is 11.5 Å². The van der Waals surface area contributed by atoms with Crippen LogP contribution in [-0.2, 0) is 4.79 Å². The number of likely N-dealkylation sites (tertiary alicyclic amines) is 1. The molecule has 3 aromatic rings. The maximum absolute atomic E-state index is 13.9. The Morgan fingerprint density at radius 3 is 2.07 bits per heavy atom. The van der Waals surface area contributed by atoms with Crippen LogP contribution < -0.4 is 9.47 Å². The van der Waals surface area contributed by atoms with Crippen molar-refractivity contribution in [2.24, 2.45) is 5.92 Å². The van der Waals surface area contributed by atoms with Crippen LogP contribution in [0.5, 0.6) is 11.5 Å². The van der Waals surface area contributed by atoms with Crippen LogP contribution >= 0.6 is 11.8 Å². The van der Waals surface area contributed by atoms with Crippen molar-refractivity contribution in [3.63, 3.8) is 0 Å². The number of carbonyl (C=O) groups excluding carboxylic acids is 2. The third-order valence-electron chi connectivity index (χ3n) is 7.82. The number of ketones is 1. The molecule has 7 nitrogen and oxygen atoms in total. The predicted molar refractivity (Wildman–Crippen MR) is 165 cm³/mol. The summed E-state index contributed by atoms with van der Waals surface area (Å²) in [6, 6.07) is 18.9. The number of hydrogen-bond acceptors (Lipinski definition) is 6. The third kappa shape index (κ3) is 6.81. The Kier molecular flexibility index (Phi) is 9.36. The van der Waals surface area contributed by atoms with Gasteiger partial charge in [0, 0.05) is 35.4 Å². The van der Waals surface area contributed by atoms with Gasteiger partial charge in [-0.15, -0.1) is 11.8 Å². The van der Waals surface area contributed by atoms with Crippen molar-refractivity contribution < 1.29 is 29.0 Å². The van der Waals surface area contributed by atoms with Crippen LogP contribution in [0.15, 0.2) is 65.6 Å². The van der Waals surface area contributed by atoms with Gasteiger partial charge in [0.05, 0.1) is 0 Å². The molecule has 0 spiro atoms. The summed E-state index contributed by atoms with van der Waals surface area (Å²) in [5.74, 6) is -0.545. The summed E-state index contributed by atoms with van der Waals surface area (Å²) in [6.07, 6.45) is 1.49. The molecule has 8 heteroatoms. The van der Waals surface area contributed by atoms with E-state index in [1.54, 1.807) is 28.8 Å². The van der Waals surface area contributed by atoms with E-state index in [1.165, 1.54) is 13.8 Å². The van der Waals surface area contributed by atoms with E-state index in [1.807, 2.05) is 68.6 Å². The quantitative estimate of drug-likeness (QED) is 0.204. The molecule has 0 aromatic heterocycles. The molecule has 1 aliphatic heterocycles. The van der Waals surface area contributed by atoms with E-state index in [-0.39, 0.29) is 18.2 Å². The number of benzene rings is 3. The number of amides is 1. The van der Waals surface area contributed by atoms with Crippen molar-refractivity contribution in [1.29, 1.82) is 0 Å². The zero-order valence-electron chi connectivity index (χ0n) is 25.3. The Hall–Kier alpha value is -3.78. The van der Waals surface area contributed by atoms with Gasteiger partial charge in [-0.3, -0.25) is 4.79 Å².